The third-order valence-electron chi connectivity index (χ3n) is 6.24. The van der Waals surface area contributed by atoms with Crippen molar-refractivity contribution >= 4 is 5.97 Å². The molecule has 1 aromatic carbocycles. The Balaban J connectivity index is 1.54. The first-order chi connectivity index (χ1) is 16.4. The molecule has 188 valence electrons. The fraction of sp³-hybridized carbons (Fsp3) is 0.630. The van der Waals surface area contributed by atoms with Crippen LogP contribution in [-0.4, -0.2) is 47.6 Å². The molecule has 0 saturated heterocycles. The first-order valence-corrected chi connectivity index (χ1v) is 12.6. The highest BCUT2D eigenvalue weighted by molar-refractivity contribution is 5.72. The average molecular weight is 474 g/mol. The standard InChI is InChI=1S/C27H39NO6/c1-5-14-31-25(27(29)30)17-33-22-9-7-8-21(15-22)32-16-23-24(6-2)34-26(28-23)20-12-10-19(11-13-20)18(3)4/h10-13,18,21-22,25H,5-9,14-17H2,1-4H3,(H,29,30)/t21-,22+,25?/m0/s1. The minimum atomic E-state index is -0.982. The van der Waals surface area contributed by atoms with Crippen LogP contribution in [0.15, 0.2) is 28.7 Å². The molecule has 3 atom stereocenters. The van der Waals surface area contributed by atoms with Gasteiger partial charge in [0, 0.05) is 18.6 Å². The number of aromatic nitrogens is 1. The molecule has 7 nitrogen and oxygen atoms in total. The van der Waals surface area contributed by atoms with Crippen LogP contribution >= 0.6 is 0 Å². The summed E-state index contributed by atoms with van der Waals surface area (Å²) in [6.07, 6.45) is 4.21. The van der Waals surface area contributed by atoms with E-state index in [-0.39, 0.29) is 18.8 Å². The van der Waals surface area contributed by atoms with E-state index in [0.717, 1.165) is 55.5 Å². The first kappa shape index (κ1) is 26.4. The fourth-order valence-electron chi connectivity index (χ4n) is 4.18. The predicted octanol–water partition coefficient (Wildman–Crippen LogP) is 5.75. The molecule has 1 heterocycles. The molecule has 1 N–H and O–H groups in total. The second kappa shape index (κ2) is 13.0. The first-order valence-electron chi connectivity index (χ1n) is 12.6. The van der Waals surface area contributed by atoms with Gasteiger partial charge in [-0.15, -0.1) is 0 Å². The van der Waals surface area contributed by atoms with E-state index in [4.69, 9.17) is 23.6 Å². The normalized spacial score (nSPS) is 19.4. The van der Waals surface area contributed by atoms with E-state index in [1.54, 1.807) is 0 Å². The van der Waals surface area contributed by atoms with E-state index < -0.39 is 12.1 Å². The Morgan fingerprint density at radius 3 is 2.47 bits per heavy atom. The van der Waals surface area contributed by atoms with Crippen molar-refractivity contribution < 1.29 is 28.5 Å². The summed E-state index contributed by atoms with van der Waals surface area (Å²) in [6, 6.07) is 8.36. The van der Waals surface area contributed by atoms with Gasteiger partial charge in [0.2, 0.25) is 5.89 Å². The largest absolute Gasteiger partial charge is 0.479 e. The van der Waals surface area contributed by atoms with Gasteiger partial charge < -0.3 is 23.7 Å². The molecule has 34 heavy (non-hydrogen) atoms. The van der Waals surface area contributed by atoms with Gasteiger partial charge in [-0.25, -0.2) is 9.78 Å². The second-order valence-electron chi connectivity index (χ2n) is 9.27. The smallest absolute Gasteiger partial charge is 0.335 e. The van der Waals surface area contributed by atoms with E-state index in [9.17, 15) is 9.90 Å². The number of carboxylic acids is 1. The van der Waals surface area contributed by atoms with Crippen LogP contribution < -0.4 is 0 Å². The fourth-order valence-corrected chi connectivity index (χ4v) is 4.18. The van der Waals surface area contributed by atoms with Gasteiger partial charge in [-0.1, -0.05) is 39.8 Å². The van der Waals surface area contributed by atoms with Crippen molar-refractivity contribution in [3.05, 3.63) is 41.3 Å². The van der Waals surface area contributed by atoms with Crippen molar-refractivity contribution in [1.29, 1.82) is 0 Å². The highest BCUT2D eigenvalue weighted by Crippen LogP contribution is 2.28. The monoisotopic (exact) mass is 473 g/mol. The molecule has 2 aromatic rings. The lowest BCUT2D eigenvalue weighted by Gasteiger charge is -2.29. The molecule has 1 aliphatic carbocycles. The van der Waals surface area contributed by atoms with Crippen molar-refractivity contribution in [1.82, 2.24) is 4.98 Å². The summed E-state index contributed by atoms with van der Waals surface area (Å²) in [5.41, 5.74) is 3.09. The molecule has 0 bridgehead atoms. The number of ether oxygens (including phenoxy) is 3. The number of aryl methyl sites for hydroxylation is 1. The second-order valence-corrected chi connectivity index (χ2v) is 9.27. The molecular formula is C27H39NO6. The lowest BCUT2D eigenvalue weighted by atomic mass is 9.95. The van der Waals surface area contributed by atoms with Gasteiger partial charge in [-0.3, -0.25) is 0 Å². The van der Waals surface area contributed by atoms with Crippen molar-refractivity contribution in [2.45, 2.75) is 97.1 Å². The number of benzene rings is 1. The average Bonchev–Trinajstić information content (AvgIpc) is 3.26. The van der Waals surface area contributed by atoms with E-state index in [1.165, 1.54) is 5.56 Å². The molecule has 0 spiro atoms. The summed E-state index contributed by atoms with van der Waals surface area (Å²) in [6.45, 7) is 9.23. The minimum Gasteiger partial charge on any atom is -0.479 e. The number of carboxylic acid groups (broad SMARTS) is 1. The van der Waals surface area contributed by atoms with Crippen molar-refractivity contribution in [3.63, 3.8) is 0 Å². The van der Waals surface area contributed by atoms with Crippen LogP contribution in [0.5, 0.6) is 0 Å². The van der Waals surface area contributed by atoms with Crippen LogP contribution in [0.25, 0.3) is 11.5 Å². The Morgan fingerprint density at radius 2 is 1.85 bits per heavy atom. The predicted molar refractivity (Wildman–Crippen MR) is 130 cm³/mol. The maximum atomic E-state index is 11.4. The van der Waals surface area contributed by atoms with E-state index in [0.29, 0.717) is 25.0 Å². The number of hydrogen-bond donors (Lipinski definition) is 1. The van der Waals surface area contributed by atoms with Gasteiger partial charge in [0.05, 0.1) is 25.4 Å². The summed E-state index contributed by atoms with van der Waals surface area (Å²) >= 11 is 0. The van der Waals surface area contributed by atoms with Gasteiger partial charge >= 0.3 is 5.97 Å². The molecule has 1 unspecified atom stereocenters. The van der Waals surface area contributed by atoms with Crippen molar-refractivity contribution in [2.75, 3.05) is 13.2 Å². The number of aliphatic carboxylic acids is 1. The zero-order valence-electron chi connectivity index (χ0n) is 20.9. The lowest BCUT2D eigenvalue weighted by molar-refractivity contribution is -0.157. The number of oxazole rings is 1. The molecule has 3 rings (SSSR count). The topological polar surface area (TPSA) is 91.0 Å². The highest BCUT2D eigenvalue weighted by atomic mass is 16.6. The Morgan fingerprint density at radius 1 is 1.15 bits per heavy atom. The zero-order chi connectivity index (χ0) is 24.5. The van der Waals surface area contributed by atoms with Gasteiger partial charge in [0.15, 0.2) is 6.10 Å². The molecule has 1 aliphatic rings. The number of rotatable bonds is 13. The summed E-state index contributed by atoms with van der Waals surface area (Å²) < 4.78 is 23.5. The maximum Gasteiger partial charge on any atom is 0.335 e. The van der Waals surface area contributed by atoms with Gasteiger partial charge in [0.1, 0.15) is 11.5 Å². The number of nitrogens with zero attached hydrogens (tertiary/aromatic N) is 1. The van der Waals surface area contributed by atoms with E-state index >= 15 is 0 Å². The maximum absolute atomic E-state index is 11.4. The van der Waals surface area contributed by atoms with Crippen LogP contribution in [0, 0.1) is 0 Å². The summed E-state index contributed by atoms with van der Waals surface area (Å²) in [7, 11) is 0. The van der Waals surface area contributed by atoms with E-state index in [2.05, 4.69) is 45.0 Å². The molecule has 7 heteroatoms. The Hall–Kier alpha value is -2.22. The SMILES string of the molecule is CCCOC(CO[C@@H]1CCC[C@H](OCc2nc(-c3ccc(C(C)C)cc3)oc2CC)C1)C(=O)O. The van der Waals surface area contributed by atoms with Gasteiger partial charge in [-0.2, -0.15) is 0 Å². The molecule has 0 radical (unpaired) electrons. The number of carbonyl (C=O) groups is 1. The molecule has 0 aliphatic heterocycles. The highest BCUT2D eigenvalue weighted by Gasteiger charge is 2.27. The summed E-state index contributed by atoms with van der Waals surface area (Å²) in [5, 5.41) is 9.32. The van der Waals surface area contributed by atoms with E-state index in [1.807, 2.05) is 6.92 Å². The van der Waals surface area contributed by atoms with Gasteiger partial charge in [0.25, 0.3) is 0 Å². The Kier molecular flexibility index (Phi) is 10.1. The molecular weight excluding hydrogens is 434 g/mol. The minimum absolute atomic E-state index is 0.0242. The third-order valence-corrected chi connectivity index (χ3v) is 6.24. The van der Waals surface area contributed by atoms with Crippen molar-refractivity contribution in [2.24, 2.45) is 0 Å². The zero-order valence-corrected chi connectivity index (χ0v) is 20.9. The van der Waals surface area contributed by atoms with Crippen LogP contribution in [0.1, 0.15) is 82.7 Å². The number of hydrogen-bond acceptors (Lipinski definition) is 6. The van der Waals surface area contributed by atoms with Crippen LogP contribution in [-0.2, 0) is 32.0 Å². The molecule has 1 saturated carbocycles. The van der Waals surface area contributed by atoms with Crippen molar-refractivity contribution in [3.8, 4) is 11.5 Å². The van der Waals surface area contributed by atoms with Gasteiger partial charge in [-0.05, 0) is 55.7 Å². The van der Waals surface area contributed by atoms with Crippen LogP contribution in [0.4, 0.5) is 0 Å². The molecule has 1 aromatic heterocycles. The molecule has 1 fully saturated rings. The quantitative estimate of drug-likeness (QED) is 0.396. The third kappa shape index (κ3) is 7.39. The summed E-state index contributed by atoms with van der Waals surface area (Å²) in [4.78, 5) is 16.1. The Labute approximate surface area is 202 Å². The lowest BCUT2D eigenvalue weighted by Crippen LogP contribution is -2.34. The molecule has 0 amide bonds. The summed E-state index contributed by atoms with van der Waals surface area (Å²) in [5.74, 6) is 0.979. The van der Waals surface area contributed by atoms with Crippen LogP contribution in [0.2, 0.25) is 0 Å². The van der Waals surface area contributed by atoms with Crippen LogP contribution in [0.3, 0.4) is 0 Å². The Bertz CT molecular complexity index is 891.